The highest BCUT2D eigenvalue weighted by atomic mass is 32.2. The molecule has 3 aromatic rings. The molecule has 7 heteroatoms. The molecule has 4 rings (SSSR count). The van der Waals surface area contributed by atoms with Crippen molar-refractivity contribution in [1.29, 1.82) is 0 Å². The van der Waals surface area contributed by atoms with E-state index in [4.69, 9.17) is 0 Å². The molecule has 0 amide bonds. The Morgan fingerprint density at radius 3 is 2.27 bits per heavy atom. The van der Waals surface area contributed by atoms with Crippen molar-refractivity contribution < 1.29 is 8.42 Å². The molecule has 1 aliphatic rings. The van der Waals surface area contributed by atoms with Gasteiger partial charge in [0, 0.05) is 56.0 Å². The zero-order valence-corrected chi connectivity index (χ0v) is 15.5. The van der Waals surface area contributed by atoms with Crippen molar-refractivity contribution in [3.8, 4) is 5.69 Å². The maximum Gasteiger partial charge on any atom is 0.243 e. The molecule has 0 N–H and O–H groups in total. The van der Waals surface area contributed by atoms with Gasteiger partial charge >= 0.3 is 0 Å². The summed E-state index contributed by atoms with van der Waals surface area (Å²) in [5, 5.41) is 0. The average molecular weight is 370 g/mol. The SMILES string of the molecule is Cn1cncc1C1CCN(S(=O)(=O)c2ccc(-n3cccc3)cc2)CC1. The average Bonchev–Trinajstić information content (AvgIpc) is 3.34. The highest BCUT2D eigenvalue weighted by Gasteiger charge is 2.30. The Morgan fingerprint density at radius 1 is 1.04 bits per heavy atom. The van der Waals surface area contributed by atoms with Crippen LogP contribution in [0.4, 0.5) is 0 Å². The normalized spacial score (nSPS) is 16.8. The predicted molar refractivity (Wildman–Crippen MR) is 99.7 cm³/mol. The van der Waals surface area contributed by atoms with Crippen molar-refractivity contribution in [2.45, 2.75) is 23.7 Å². The molecule has 136 valence electrons. The largest absolute Gasteiger partial charge is 0.337 e. The van der Waals surface area contributed by atoms with E-state index in [0.29, 0.717) is 23.9 Å². The topological polar surface area (TPSA) is 60.1 Å². The van der Waals surface area contributed by atoms with Crippen molar-refractivity contribution in [3.63, 3.8) is 0 Å². The third-order valence-corrected chi connectivity index (χ3v) is 7.02. The van der Waals surface area contributed by atoms with Crippen molar-refractivity contribution >= 4 is 10.0 Å². The van der Waals surface area contributed by atoms with Gasteiger partial charge in [0.05, 0.1) is 11.2 Å². The third kappa shape index (κ3) is 3.08. The summed E-state index contributed by atoms with van der Waals surface area (Å²) in [5.74, 6) is 0.366. The summed E-state index contributed by atoms with van der Waals surface area (Å²) in [6.07, 6.45) is 9.19. The van der Waals surface area contributed by atoms with Gasteiger partial charge in [-0.15, -0.1) is 0 Å². The Morgan fingerprint density at radius 2 is 1.69 bits per heavy atom. The minimum Gasteiger partial charge on any atom is -0.337 e. The summed E-state index contributed by atoms with van der Waals surface area (Å²) in [6.45, 7) is 1.08. The predicted octanol–water partition coefficient (Wildman–Crippen LogP) is 2.78. The maximum atomic E-state index is 12.9. The van der Waals surface area contributed by atoms with Gasteiger partial charge in [0.25, 0.3) is 0 Å². The standard InChI is InChI=1S/C19H22N4O2S/c1-21-15-20-14-19(21)16-8-12-23(13-9-16)26(24,25)18-6-4-17(5-7-18)22-10-2-3-11-22/h2-7,10-11,14-16H,8-9,12-13H2,1H3. The fraction of sp³-hybridized carbons (Fsp3) is 0.316. The minimum atomic E-state index is -3.45. The molecule has 0 saturated carbocycles. The lowest BCUT2D eigenvalue weighted by Crippen LogP contribution is -2.38. The number of imidazole rings is 1. The lowest BCUT2D eigenvalue weighted by Gasteiger charge is -2.31. The minimum absolute atomic E-state index is 0.354. The fourth-order valence-corrected chi connectivity index (χ4v) is 5.07. The van der Waals surface area contributed by atoms with Gasteiger partial charge in [-0.25, -0.2) is 13.4 Å². The number of sulfonamides is 1. The summed E-state index contributed by atoms with van der Waals surface area (Å²) in [5.41, 5.74) is 2.13. The van der Waals surface area contributed by atoms with E-state index in [9.17, 15) is 8.42 Å². The highest BCUT2D eigenvalue weighted by Crippen LogP contribution is 2.30. The van der Waals surface area contributed by atoms with Crippen LogP contribution in [-0.2, 0) is 17.1 Å². The first-order chi connectivity index (χ1) is 12.6. The zero-order valence-electron chi connectivity index (χ0n) is 14.7. The molecule has 0 spiro atoms. The Kier molecular flexibility index (Phi) is 4.42. The van der Waals surface area contributed by atoms with Crippen LogP contribution in [-0.4, -0.2) is 39.9 Å². The second-order valence-electron chi connectivity index (χ2n) is 6.69. The molecular weight excluding hydrogens is 348 g/mol. The van der Waals surface area contributed by atoms with Crippen molar-refractivity contribution in [1.82, 2.24) is 18.4 Å². The summed E-state index contributed by atoms with van der Waals surface area (Å²) < 4.78 is 31.5. The summed E-state index contributed by atoms with van der Waals surface area (Å²) in [7, 11) is -1.46. The monoisotopic (exact) mass is 370 g/mol. The van der Waals surface area contributed by atoms with Gasteiger partial charge in [-0.05, 0) is 49.2 Å². The van der Waals surface area contributed by atoms with Gasteiger partial charge in [0.15, 0.2) is 0 Å². The number of rotatable bonds is 4. The second kappa shape index (κ2) is 6.74. The first-order valence-electron chi connectivity index (χ1n) is 8.75. The summed E-state index contributed by atoms with van der Waals surface area (Å²) in [6, 6.07) is 11.0. The molecule has 26 heavy (non-hydrogen) atoms. The van der Waals surface area contributed by atoms with Gasteiger partial charge in [-0.3, -0.25) is 0 Å². The van der Waals surface area contributed by atoms with Crippen LogP contribution in [0.15, 0.2) is 66.2 Å². The molecule has 0 atom stereocenters. The molecular formula is C19H22N4O2S. The molecule has 1 fully saturated rings. The van der Waals surface area contributed by atoms with Gasteiger partial charge in [-0.1, -0.05) is 0 Å². The number of nitrogens with zero attached hydrogens (tertiary/aromatic N) is 4. The zero-order chi connectivity index (χ0) is 18.1. The van der Waals surface area contributed by atoms with E-state index in [1.54, 1.807) is 22.8 Å². The summed E-state index contributed by atoms with van der Waals surface area (Å²) in [4.78, 5) is 4.52. The molecule has 6 nitrogen and oxygen atoms in total. The molecule has 1 aliphatic heterocycles. The maximum absolute atomic E-state index is 12.9. The molecule has 0 radical (unpaired) electrons. The van der Waals surface area contributed by atoms with Crippen LogP contribution >= 0.6 is 0 Å². The van der Waals surface area contributed by atoms with Gasteiger partial charge < -0.3 is 9.13 Å². The number of aryl methyl sites for hydroxylation is 1. The molecule has 1 aromatic carbocycles. The summed E-state index contributed by atoms with van der Waals surface area (Å²) >= 11 is 0. The number of benzene rings is 1. The highest BCUT2D eigenvalue weighted by molar-refractivity contribution is 7.89. The molecule has 0 aliphatic carbocycles. The number of aromatic nitrogens is 3. The Labute approximate surface area is 153 Å². The van der Waals surface area contributed by atoms with Gasteiger partial charge in [0.2, 0.25) is 10.0 Å². The smallest absolute Gasteiger partial charge is 0.243 e. The van der Waals surface area contributed by atoms with Crippen molar-refractivity contribution in [3.05, 3.63) is 67.0 Å². The van der Waals surface area contributed by atoms with E-state index in [-0.39, 0.29) is 0 Å². The van der Waals surface area contributed by atoms with Gasteiger partial charge in [-0.2, -0.15) is 4.31 Å². The fourth-order valence-electron chi connectivity index (χ4n) is 3.60. The lowest BCUT2D eigenvalue weighted by atomic mass is 9.95. The number of hydrogen-bond donors (Lipinski definition) is 0. The first-order valence-corrected chi connectivity index (χ1v) is 10.2. The molecule has 0 bridgehead atoms. The number of hydrogen-bond acceptors (Lipinski definition) is 3. The van der Waals surface area contributed by atoms with E-state index < -0.39 is 10.0 Å². The van der Waals surface area contributed by atoms with E-state index in [1.165, 1.54) is 5.69 Å². The Balaban J connectivity index is 1.48. The van der Waals surface area contributed by atoms with E-state index in [2.05, 4.69) is 4.98 Å². The van der Waals surface area contributed by atoms with Crippen LogP contribution in [0.25, 0.3) is 5.69 Å². The molecule has 0 unspecified atom stereocenters. The van der Waals surface area contributed by atoms with Crippen molar-refractivity contribution in [2.24, 2.45) is 7.05 Å². The molecule has 3 heterocycles. The van der Waals surface area contributed by atoms with E-state index in [0.717, 1.165) is 18.5 Å². The van der Waals surface area contributed by atoms with Crippen LogP contribution in [0.5, 0.6) is 0 Å². The molecule has 1 saturated heterocycles. The third-order valence-electron chi connectivity index (χ3n) is 5.10. The van der Waals surface area contributed by atoms with Gasteiger partial charge in [0.1, 0.15) is 0 Å². The quantitative estimate of drug-likeness (QED) is 0.709. The first kappa shape index (κ1) is 17.1. The van der Waals surface area contributed by atoms with Crippen molar-refractivity contribution in [2.75, 3.05) is 13.1 Å². The van der Waals surface area contributed by atoms with E-state index >= 15 is 0 Å². The number of piperidine rings is 1. The van der Waals surface area contributed by atoms with Crippen LogP contribution in [0.2, 0.25) is 0 Å². The lowest BCUT2D eigenvalue weighted by molar-refractivity contribution is 0.314. The van der Waals surface area contributed by atoms with Crippen LogP contribution in [0, 0.1) is 0 Å². The Bertz CT molecular complexity index is 967. The van der Waals surface area contributed by atoms with Crippen LogP contribution in [0.3, 0.4) is 0 Å². The molecule has 2 aromatic heterocycles. The Hall–Kier alpha value is -2.38. The van der Waals surface area contributed by atoms with E-state index in [1.807, 2.05) is 59.0 Å². The van der Waals surface area contributed by atoms with Crippen LogP contribution in [0.1, 0.15) is 24.5 Å². The second-order valence-corrected chi connectivity index (χ2v) is 8.63. The van der Waals surface area contributed by atoms with Crippen LogP contribution < -0.4 is 0 Å².